The summed E-state index contributed by atoms with van der Waals surface area (Å²) >= 11 is 0.723. The predicted octanol–water partition coefficient (Wildman–Crippen LogP) is 1.91. The summed E-state index contributed by atoms with van der Waals surface area (Å²) in [7, 11) is 1.18. The fourth-order valence-corrected chi connectivity index (χ4v) is 2.59. The molecule has 7 heteroatoms. The molecule has 0 aromatic heterocycles. The number of esters is 1. The molecule has 0 spiro atoms. The van der Waals surface area contributed by atoms with Gasteiger partial charge in [-0.2, -0.15) is 0 Å². The van der Waals surface area contributed by atoms with Crippen LogP contribution in [0.2, 0.25) is 0 Å². The van der Waals surface area contributed by atoms with Crippen LogP contribution in [0.4, 0.5) is 4.79 Å². The Bertz CT molecular complexity index is 653. The van der Waals surface area contributed by atoms with Crippen molar-refractivity contribution in [3.8, 4) is 5.75 Å². The summed E-state index contributed by atoms with van der Waals surface area (Å²) < 4.78 is 4.44. The Balaban J connectivity index is 2.28. The number of ether oxygens (including phenoxy) is 1. The average molecular weight is 307 g/mol. The summed E-state index contributed by atoms with van der Waals surface area (Å²) in [6, 6.07) is 4.94. The standard InChI is InChI=1S/C14H13NO5S/c1-8-3-4-10(16)9(5-8)6-11-13(18)15(14(19)21-11)7-12(17)20-2/h3-6,16H,7H2,1-2H3/b11-6-. The van der Waals surface area contributed by atoms with Crippen molar-refractivity contribution in [2.75, 3.05) is 13.7 Å². The molecule has 0 aliphatic carbocycles. The molecule has 1 aliphatic heterocycles. The van der Waals surface area contributed by atoms with Crippen molar-refractivity contribution in [2.45, 2.75) is 6.92 Å². The molecule has 1 fully saturated rings. The van der Waals surface area contributed by atoms with E-state index in [2.05, 4.69) is 4.74 Å². The van der Waals surface area contributed by atoms with Crippen LogP contribution >= 0.6 is 11.8 Å². The zero-order valence-corrected chi connectivity index (χ0v) is 12.3. The number of benzene rings is 1. The number of phenols is 1. The Labute approximate surface area is 125 Å². The quantitative estimate of drug-likeness (QED) is 0.678. The monoisotopic (exact) mass is 307 g/mol. The van der Waals surface area contributed by atoms with Crippen molar-refractivity contribution in [3.63, 3.8) is 0 Å². The molecular weight excluding hydrogens is 294 g/mol. The van der Waals surface area contributed by atoms with Crippen LogP contribution in [0.25, 0.3) is 6.08 Å². The largest absolute Gasteiger partial charge is 0.507 e. The number of aryl methyl sites for hydroxylation is 1. The van der Waals surface area contributed by atoms with Crippen molar-refractivity contribution in [2.24, 2.45) is 0 Å². The SMILES string of the molecule is COC(=O)CN1C(=O)S/C(=C\c2cc(C)ccc2O)C1=O. The predicted molar refractivity (Wildman–Crippen MR) is 77.5 cm³/mol. The summed E-state index contributed by atoms with van der Waals surface area (Å²) in [6.45, 7) is 1.43. The molecular formula is C14H13NO5S. The van der Waals surface area contributed by atoms with Crippen LogP contribution < -0.4 is 0 Å². The van der Waals surface area contributed by atoms with Gasteiger partial charge in [-0.1, -0.05) is 11.6 Å². The molecule has 2 rings (SSSR count). The van der Waals surface area contributed by atoms with E-state index in [1.165, 1.54) is 19.3 Å². The second kappa shape index (κ2) is 6.01. The fourth-order valence-electron chi connectivity index (χ4n) is 1.76. The van der Waals surface area contributed by atoms with Gasteiger partial charge in [-0.25, -0.2) is 0 Å². The first-order chi connectivity index (χ1) is 9.92. The van der Waals surface area contributed by atoms with Crippen LogP contribution in [-0.4, -0.2) is 40.8 Å². The Kier molecular flexibility index (Phi) is 4.32. The molecule has 0 radical (unpaired) electrons. The highest BCUT2D eigenvalue weighted by Gasteiger charge is 2.36. The summed E-state index contributed by atoms with van der Waals surface area (Å²) in [5, 5.41) is 9.22. The first-order valence-corrected chi connectivity index (χ1v) is 6.86. The van der Waals surface area contributed by atoms with Crippen molar-refractivity contribution in [1.29, 1.82) is 0 Å². The van der Waals surface area contributed by atoms with Crippen molar-refractivity contribution >= 4 is 35.0 Å². The van der Waals surface area contributed by atoms with Crippen LogP contribution in [0.15, 0.2) is 23.1 Å². The number of methoxy groups -OCH3 is 1. The Hall–Kier alpha value is -2.28. The molecule has 6 nitrogen and oxygen atoms in total. The first kappa shape index (κ1) is 15.1. The number of imide groups is 1. The van der Waals surface area contributed by atoms with Gasteiger partial charge < -0.3 is 9.84 Å². The normalized spacial score (nSPS) is 16.7. The number of rotatable bonds is 3. The summed E-state index contributed by atoms with van der Waals surface area (Å²) in [4.78, 5) is 36.0. The van der Waals surface area contributed by atoms with Crippen LogP contribution in [0.1, 0.15) is 11.1 Å². The molecule has 110 valence electrons. The molecule has 0 atom stereocenters. The molecule has 1 N–H and O–H groups in total. The van der Waals surface area contributed by atoms with E-state index < -0.39 is 23.7 Å². The van der Waals surface area contributed by atoms with Crippen LogP contribution in [0.3, 0.4) is 0 Å². The van der Waals surface area contributed by atoms with Crippen molar-refractivity contribution in [1.82, 2.24) is 4.90 Å². The Morgan fingerprint density at radius 2 is 2.14 bits per heavy atom. The van der Waals surface area contributed by atoms with Gasteiger partial charge in [-0.05, 0) is 36.9 Å². The van der Waals surface area contributed by atoms with E-state index in [4.69, 9.17) is 0 Å². The summed E-state index contributed by atoms with van der Waals surface area (Å²) in [5.41, 5.74) is 1.35. The summed E-state index contributed by atoms with van der Waals surface area (Å²) in [5.74, 6) is -1.23. The van der Waals surface area contributed by atoms with Crippen LogP contribution in [-0.2, 0) is 14.3 Å². The molecule has 2 amide bonds. The van der Waals surface area contributed by atoms with Gasteiger partial charge in [0.2, 0.25) is 0 Å². The van der Waals surface area contributed by atoms with Gasteiger partial charge in [0, 0.05) is 5.56 Å². The number of nitrogens with zero attached hydrogens (tertiary/aromatic N) is 1. The van der Waals surface area contributed by atoms with Gasteiger partial charge in [0.15, 0.2) is 0 Å². The third-order valence-electron chi connectivity index (χ3n) is 2.86. The topological polar surface area (TPSA) is 83.9 Å². The summed E-state index contributed by atoms with van der Waals surface area (Å²) in [6.07, 6.45) is 1.44. The Morgan fingerprint density at radius 3 is 2.81 bits per heavy atom. The number of hydrogen-bond donors (Lipinski definition) is 1. The van der Waals surface area contributed by atoms with E-state index in [-0.39, 0.29) is 10.7 Å². The average Bonchev–Trinajstić information content (AvgIpc) is 2.70. The molecule has 0 bridgehead atoms. The van der Waals surface area contributed by atoms with E-state index in [0.29, 0.717) is 5.56 Å². The lowest BCUT2D eigenvalue weighted by molar-refractivity contribution is -0.143. The zero-order chi connectivity index (χ0) is 15.6. The molecule has 1 saturated heterocycles. The first-order valence-electron chi connectivity index (χ1n) is 6.04. The van der Waals surface area contributed by atoms with Crippen LogP contribution in [0.5, 0.6) is 5.75 Å². The molecule has 21 heavy (non-hydrogen) atoms. The molecule has 1 aliphatic rings. The third kappa shape index (κ3) is 3.25. The van der Waals surface area contributed by atoms with E-state index in [1.807, 2.05) is 6.92 Å². The zero-order valence-electron chi connectivity index (χ0n) is 11.5. The number of carbonyl (C=O) groups is 3. The van der Waals surface area contributed by atoms with Crippen molar-refractivity contribution < 1.29 is 24.2 Å². The number of amides is 2. The number of aromatic hydroxyl groups is 1. The minimum atomic E-state index is -0.669. The second-order valence-corrected chi connectivity index (χ2v) is 5.40. The van der Waals surface area contributed by atoms with Gasteiger partial charge in [-0.15, -0.1) is 0 Å². The molecule has 0 unspecified atom stereocenters. The van der Waals surface area contributed by atoms with Gasteiger partial charge in [0.1, 0.15) is 12.3 Å². The number of thioether (sulfide) groups is 1. The van der Waals surface area contributed by atoms with E-state index in [1.54, 1.807) is 12.1 Å². The highest BCUT2D eigenvalue weighted by molar-refractivity contribution is 8.18. The third-order valence-corrected chi connectivity index (χ3v) is 3.77. The van der Waals surface area contributed by atoms with Crippen molar-refractivity contribution in [3.05, 3.63) is 34.2 Å². The lowest BCUT2D eigenvalue weighted by Gasteiger charge is -2.09. The second-order valence-electron chi connectivity index (χ2n) is 4.41. The van der Waals surface area contributed by atoms with Gasteiger partial charge in [0.25, 0.3) is 11.1 Å². The highest BCUT2D eigenvalue weighted by Crippen LogP contribution is 2.33. The maximum Gasteiger partial charge on any atom is 0.325 e. The minimum absolute atomic E-state index is 0.0142. The fraction of sp³-hybridized carbons (Fsp3) is 0.214. The molecule has 0 saturated carbocycles. The lowest BCUT2D eigenvalue weighted by Crippen LogP contribution is -2.34. The molecule has 1 heterocycles. The molecule has 1 aromatic carbocycles. The van der Waals surface area contributed by atoms with E-state index >= 15 is 0 Å². The number of phenolic OH excluding ortho intramolecular Hbond substituents is 1. The van der Waals surface area contributed by atoms with Crippen LogP contribution in [0, 0.1) is 6.92 Å². The van der Waals surface area contributed by atoms with Gasteiger partial charge in [0.05, 0.1) is 12.0 Å². The van der Waals surface area contributed by atoms with E-state index in [0.717, 1.165) is 22.2 Å². The number of hydrogen-bond acceptors (Lipinski definition) is 6. The Morgan fingerprint density at radius 1 is 1.43 bits per heavy atom. The van der Waals surface area contributed by atoms with E-state index in [9.17, 15) is 19.5 Å². The lowest BCUT2D eigenvalue weighted by atomic mass is 10.1. The maximum absolute atomic E-state index is 12.1. The molecule has 1 aromatic rings. The van der Waals surface area contributed by atoms with Gasteiger partial charge in [-0.3, -0.25) is 19.3 Å². The highest BCUT2D eigenvalue weighted by atomic mass is 32.2. The number of carbonyl (C=O) groups excluding carboxylic acids is 3. The maximum atomic E-state index is 12.1. The smallest absolute Gasteiger partial charge is 0.325 e. The van der Waals surface area contributed by atoms with Gasteiger partial charge >= 0.3 is 5.97 Å². The minimum Gasteiger partial charge on any atom is -0.507 e.